The van der Waals surface area contributed by atoms with Crippen LogP contribution >= 0.6 is 0 Å². The van der Waals surface area contributed by atoms with Gasteiger partial charge in [-0.1, -0.05) is 26.0 Å². The van der Waals surface area contributed by atoms with Crippen LogP contribution in [0.1, 0.15) is 32.0 Å². The SMILES string of the molecule is C=C(C)C(C)(C)c1ccc(C#N)cn1. The number of nitrogens with zero attached hydrogens (tertiary/aromatic N) is 2. The summed E-state index contributed by atoms with van der Waals surface area (Å²) in [5.74, 6) is 0. The maximum atomic E-state index is 8.63. The minimum absolute atomic E-state index is 0.131. The lowest BCUT2D eigenvalue weighted by atomic mass is 9.82. The van der Waals surface area contributed by atoms with Crippen molar-refractivity contribution in [2.24, 2.45) is 0 Å². The van der Waals surface area contributed by atoms with Gasteiger partial charge in [0.05, 0.1) is 11.3 Å². The van der Waals surface area contributed by atoms with E-state index in [0.717, 1.165) is 11.3 Å². The molecule has 72 valence electrons. The summed E-state index contributed by atoms with van der Waals surface area (Å²) in [4.78, 5) is 4.26. The highest BCUT2D eigenvalue weighted by atomic mass is 14.7. The van der Waals surface area contributed by atoms with Gasteiger partial charge in [-0.05, 0) is 19.1 Å². The van der Waals surface area contributed by atoms with Gasteiger partial charge in [0.2, 0.25) is 0 Å². The third-order valence-electron chi connectivity index (χ3n) is 2.60. The van der Waals surface area contributed by atoms with E-state index >= 15 is 0 Å². The predicted octanol–water partition coefficient (Wildman–Crippen LogP) is 2.81. The van der Waals surface area contributed by atoms with Crippen molar-refractivity contribution in [2.45, 2.75) is 26.2 Å². The van der Waals surface area contributed by atoms with Crippen molar-refractivity contribution in [2.75, 3.05) is 0 Å². The smallest absolute Gasteiger partial charge is 0.101 e. The van der Waals surface area contributed by atoms with Gasteiger partial charge in [0.25, 0.3) is 0 Å². The Morgan fingerprint density at radius 1 is 1.50 bits per heavy atom. The van der Waals surface area contributed by atoms with E-state index < -0.39 is 0 Å². The van der Waals surface area contributed by atoms with Crippen molar-refractivity contribution in [1.82, 2.24) is 4.98 Å². The Balaban J connectivity index is 3.10. The molecule has 0 atom stereocenters. The normalized spacial score (nSPS) is 10.7. The summed E-state index contributed by atoms with van der Waals surface area (Å²) in [5.41, 5.74) is 2.47. The number of aromatic nitrogens is 1. The summed E-state index contributed by atoms with van der Waals surface area (Å²) >= 11 is 0. The van der Waals surface area contributed by atoms with Crippen molar-refractivity contribution in [3.05, 3.63) is 41.7 Å². The Labute approximate surface area is 84.9 Å². The van der Waals surface area contributed by atoms with Gasteiger partial charge in [0.15, 0.2) is 0 Å². The number of hydrogen-bond donors (Lipinski definition) is 0. The van der Waals surface area contributed by atoms with Gasteiger partial charge in [0, 0.05) is 11.6 Å². The molecule has 0 aliphatic heterocycles. The number of pyridine rings is 1. The van der Waals surface area contributed by atoms with Gasteiger partial charge in [-0.2, -0.15) is 5.26 Å². The standard InChI is InChI=1S/C12H14N2/c1-9(2)12(3,4)11-6-5-10(7-13)8-14-11/h5-6,8H,1H2,2-4H3. The summed E-state index contributed by atoms with van der Waals surface area (Å²) in [5, 5.41) is 8.63. The van der Waals surface area contributed by atoms with Crippen LogP contribution in [-0.4, -0.2) is 4.98 Å². The monoisotopic (exact) mass is 186 g/mol. The number of hydrogen-bond acceptors (Lipinski definition) is 2. The lowest BCUT2D eigenvalue weighted by molar-refractivity contribution is 0.603. The number of nitriles is 1. The van der Waals surface area contributed by atoms with Crippen molar-refractivity contribution < 1.29 is 0 Å². The third-order valence-corrected chi connectivity index (χ3v) is 2.60. The summed E-state index contributed by atoms with van der Waals surface area (Å²) in [7, 11) is 0. The zero-order chi connectivity index (χ0) is 10.8. The molecule has 2 heteroatoms. The molecule has 0 aliphatic rings. The van der Waals surface area contributed by atoms with Crippen LogP contribution < -0.4 is 0 Å². The molecule has 1 aromatic heterocycles. The second-order valence-corrected chi connectivity index (χ2v) is 3.95. The molecule has 0 bridgehead atoms. The van der Waals surface area contributed by atoms with E-state index in [0.29, 0.717) is 5.56 Å². The van der Waals surface area contributed by atoms with Crippen molar-refractivity contribution in [3.8, 4) is 6.07 Å². The zero-order valence-corrected chi connectivity index (χ0v) is 8.83. The van der Waals surface area contributed by atoms with Gasteiger partial charge >= 0.3 is 0 Å². The molecule has 0 saturated heterocycles. The highest BCUT2D eigenvalue weighted by molar-refractivity contribution is 5.32. The maximum absolute atomic E-state index is 8.63. The minimum Gasteiger partial charge on any atom is -0.259 e. The Hall–Kier alpha value is -1.62. The molecule has 1 aromatic rings. The molecule has 0 aliphatic carbocycles. The van der Waals surface area contributed by atoms with Crippen molar-refractivity contribution in [3.63, 3.8) is 0 Å². The van der Waals surface area contributed by atoms with Gasteiger partial charge in [0.1, 0.15) is 6.07 Å². The highest BCUT2D eigenvalue weighted by Gasteiger charge is 2.22. The van der Waals surface area contributed by atoms with E-state index in [4.69, 9.17) is 5.26 Å². The quantitative estimate of drug-likeness (QED) is 0.666. The lowest BCUT2D eigenvalue weighted by Gasteiger charge is -2.24. The topological polar surface area (TPSA) is 36.7 Å². The molecule has 0 N–H and O–H groups in total. The average Bonchev–Trinajstić information content (AvgIpc) is 2.17. The van der Waals surface area contributed by atoms with E-state index in [1.165, 1.54) is 0 Å². The zero-order valence-electron chi connectivity index (χ0n) is 8.83. The summed E-state index contributed by atoms with van der Waals surface area (Å²) in [6, 6.07) is 5.72. The largest absolute Gasteiger partial charge is 0.259 e. The Morgan fingerprint density at radius 2 is 2.14 bits per heavy atom. The van der Waals surface area contributed by atoms with Crippen LogP contribution in [-0.2, 0) is 5.41 Å². The molecule has 1 rings (SSSR count). The Morgan fingerprint density at radius 3 is 2.50 bits per heavy atom. The van der Waals surface area contributed by atoms with Crippen LogP contribution in [0, 0.1) is 11.3 Å². The molecule has 0 radical (unpaired) electrons. The van der Waals surface area contributed by atoms with Crippen LogP contribution in [0.2, 0.25) is 0 Å². The van der Waals surface area contributed by atoms with E-state index in [2.05, 4.69) is 25.4 Å². The summed E-state index contributed by atoms with van der Waals surface area (Å²) in [6.45, 7) is 10.1. The first-order valence-electron chi connectivity index (χ1n) is 4.51. The van der Waals surface area contributed by atoms with Gasteiger partial charge in [-0.3, -0.25) is 4.98 Å². The molecular formula is C12H14N2. The van der Waals surface area contributed by atoms with Gasteiger partial charge < -0.3 is 0 Å². The van der Waals surface area contributed by atoms with Gasteiger partial charge in [-0.15, -0.1) is 0 Å². The molecule has 0 unspecified atom stereocenters. The number of allylic oxidation sites excluding steroid dienone is 1. The predicted molar refractivity (Wildman–Crippen MR) is 56.8 cm³/mol. The minimum atomic E-state index is -0.131. The van der Waals surface area contributed by atoms with Crippen molar-refractivity contribution >= 4 is 0 Å². The van der Waals surface area contributed by atoms with Crippen LogP contribution in [0.4, 0.5) is 0 Å². The second kappa shape index (κ2) is 3.63. The van der Waals surface area contributed by atoms with Crippen LogP contribution in [0.3, 0.4) is 0 Å². The fourth-order valence-corrected chi connectivity index (χ4v) is 1.05. The third kappa shape index (κ3) is 1.82. The molecule has 14 heavy (non-hydrogen) atoms. The number of rotatable bonds is 2. The van der Waals surface area contributed by atoms with Gasteiger partial charge in [-0.25, -0.2) is 0 Å². The first-order chi connectivity index (χ1) is 6.48. The van der Waals surface area contributed by atoms with Crippen LogP contribution in [0.5, 0.6) is 0 Å². The first kappa shape index (κ1) is 10.5. The Bertz CT molecular complexity index is 380. The van der Waals surface area contributed by atoms with Crippen LogP contribution in [0.25, 0.3) is 0 Å². The van der Waals surface area contributed by atoms with E-state index in [1.807, 2.05) is 19.1 Å². The molecular weight excluding hydrogens is 172 g/mol. The fourth-order valence-electron chi connectivity index (χ4n) is 1.05. The first-order valence-corrected chi connectivity index (χ1v) is 4.51. The summed E-state index contributed by atoms with van der Waals surface area (Å²) in [6.07, 6.45) is 1.60. The molecule has 1 heterocycles. The second-order valence-electron chi connectivity index (χ2n) is 3.95. The molecule has 0 aromatic carbocycles. The van der Waals surface area contributed by atoms with Crippen molar-refractivity contribution in [1.29, 1.82) is 5.26 Å². The molecule has 0 fully saturated rings. The van der Waals surface area contributed by atoms with E-state index in [-0.39, 0.29) is 5.41 Å². The molecule has 0 saturated carbocycles. The van der Waals surface area contributed by atoms with E-state index in [9.17, 15) is 0 Å². The molecule has 0 spiro atoms. The molecule has 2 nitrogen and oxygen atoms in total. The van der Waals surface area contributed by atoms with Crippen LogP contribution in [0.15, 0.2) is 30.5 Å². The molecule has 0 amide bonds. The average molecular weight is 186 g/mol. The Kier molecular flexibility index (Phi) is 2.71. The lowest BCUT2D eigenvalue weighted by Crippen LogP contribution is -2.19. The summed E-state index contributed by atoms with van der Waals surface area (Å²) < 4.78 is 0. The van der Waals surface area contributed by atoms with E-state index in [1.54, 1.807) is 12.3 Å². The highest BCUT2D eigenvalue weighted by Crippen LogP contribution is 2.28. The maximum Gasteiger partial charge on any atom is 0.101 e. The fraction of sp³-hybridized carbons (Fsp3) is 0.333.